The molecule has 0 radical (unpaired) electrons. The summed E-state index contributed by atoms with van der Waals surface area (Å²) in [5.41, 5.74) is 3.93. The number of nitrogens with one attached hydrogen (secondary N) is 3. The van der Waals surface area contributed by atoms with Gasteiger partial charge in [0.15, 0.2) is 0 Å². The molecule has 7 heteroatoms. The minimum atomic E-state index is -0.386. The van der Waals surface area contributed by atoms with Gasteiger partial charge >= 0.3 is 0 Å². The first-order valence-electron chi connectivity index (χ1n) is 10.5. The van der Waals surface area contributed by atoms with Gasteiger partial charge in [0.2, 0.25) is 5.91 Å². The maximum absolute atomic E-state index is 13.7. The zero-order chi connectivity index (χ0) is 23.2. The first-order valence-corrected chi connectivity index (χ1v) is 10.5. The summed E-state index contributed by atoms with van der Waals surface area (Å²) in [7, 11) is 0. The van der Waals surface area contributed by atoms with Crippen molar-refractivity contribution in [3.63, 3.8) is 0 Å². The zero-order valence-electron chi connectivity index (χ0n) is 18.4. The van der Waals surface area contributed by atoms with E-state index in [1.807, 2.05) is 56.3 Å². The predicted octanol–water partition coefficient (Wildman–Crippen LogP) is 5.90. The number of rotatable bonds is 7. The Morgan fingerprint density at radius 1 is 0.788 bits per heavy atom. The number of hydrogen-bond acceptors (Lipinski definition) is 5. The minimum Gasteiger partial charge on any atom is -0.340 e. The highest BCUT2D eigenvalue weighted by Gasteiger charge is 2.08. The van der Waals surface area contributed by atoms with Crippen LogP contribution in [0.4, 0.5) is 33.1 Å². The van der Waals surface area contributed by atoms with E-state index in [9.17, 15) is 9.18 Å². The third-order valence-electron chi connectivity index (χ3n) is 4.91. The summed E-state index contributed by atoms with van der Waals surface area (Å²) in [6.07, 6.45) is -0.0242. The summed E-state index contributed by atoms with van der Waals surface area (Å²) in [6.45, 7) is 3.88. The lowest BCUT2D eigenvalue weighted by Crippen LogP contribution is -2.15. The molecule has 0 bridgehead atoms. The smallest absolute Gasteiger partial charge is 0.228 e. The number of aryl methyl sites for hydroxylation is 2. The standard InChI is InChI=1S/C26H24FN5O/c1-17-7-9-20(10-8-17)30-24-16-25(29-18(2)28-24)31-21-11-13-22(14-12-21)32-26(33)15-19-5-3-4-6-23(19)27/h3-14,16H,15H2,1-2H3,(H,32,33)(H2,28,29,30,31). The van der Waals surface area contributed by atoms with Crippen LogP contribution in [0.3, 0.4) is 0 Å². The van der Waals surface area contributed by atoms with E-state index in [2.05, 4.69) is 25.9 Å². The van der Waals surface area contributed by atoms with E-state index < -0.39 is 0 Å². The van der Waals surface area contributed by atoms with Gasteiger partial charge in [0, 0.05) is 23.1 Å². The first kappa shape index (κ1) is 22.0. The van der Waals surface area contributed by atoms with Gasteiger partial charge in [0.25, 0.3) is 0 Å². The van der Waals surface area contributed by atoms with Crippen LogP contribution in [-0.4, -0.2) is 15.9 Å². The van der Waals surface area contributed by atoms with E-state index >= 15 is 0 Å². The summed E-state index contributed by atoms with van der Waals surface area (Å²) < 4.78 is 13.7. The SMILES string of the molecule is Cc1ccc(Nc2cc(Nc3ccc(NC(=O)Cc4ccccc4F)cc3)nc(C)n2)cc1. The fourth-order valence-corrected chi connectivity index (χ4v) is 3.29. The second kappa shape index (κ2) is 9.91. The molecule has 166 valence electrons. The Bertz CT molecular complexity index is 1260. The molecule has 1 aromatic heterocycles. The summed E-state index contributed by atoms with van der Waals surface area (Å²) in [4.78, 5) is 21.1. The molecule has 0 unspecified atom stereocenters. The van der Waals surface area contributed by atoms with Gasteiger partial charge in [-0.2, -0.15) is 0 Å². The van der Waals surface area contributed by atoms with E-state index in [1.54, 1.807) is 30.3 Å². The molecule has 0 saturated carbocycles. The molecule has 0 fully saturated rings. The van der Waals surface area contributed by atoms with Gasteiger partial charge in [-0.3, -0.25) is 4.79 Å². The zero-order valence-corrected chi connectivity index (χ0v) is 18.4. The molecule has 1 amide bonds. The number of halogens is 1. The fourth-order valence-electron chi connectivity index (χ4n) is 3.29. The Kier molecular flexibility index (Phi) is 6.59. The van der Waals surface area contributed by atoms with Crippen molar-refractivity contribution in [3.8, 4) is 0 Å². The van der Waals surface area contributed by atoms with Gasteiger partial charge in [0.05, 0.1) is 6.42 Å². The molecule has 3 N–H and O–H groups in total. The highest BCUT2D eigenvalue weighted by Crippen LogP contribution is 2.22. The third kappa shape index (κ3) is 6.13. The Hall–Kier alpha value is -4.26. The van der Waals surface area contributed by atoms with Crippen molar-refractivity contribution in [2.75, 3.05) is 16.0 Å². The summed E-state index contributed by atoms with van der Waals surface area (Å²) in [5.74, 6) is 1.30. The molecule has 3 aromatic carbocycles. The van der Waals surface area contributed by atoms with E-state index in [4.69, 9.17) is 0 Å². The maximum Gasteiger partial charge on any atom is 0.228 e. The van der Waals surface area contributed by atoms with Crippen LogP contribution in [0.25, 0.3) is 0 Å². The molecule has 0 saturated heterocycles. The highest BCUT2D eigenvalue weighted by molar-refractivity contribution is 5.92. The number of benzene rings is 3. The molecule has 6 nitrogen and oxygen atoms in total. The number of nitrogens with zero attached hydrogens (tertiary/aromatic N) is 2. The van der Waals surface area contributed by atoms with Crippen molar-refractivity contribution in [3.05, 3.63) is 102 Å². The molecule has 4 rings (SSSR count). The van der Waals surface area contributed by atoms with Crippen molar-refractivity contribution in [1.82, 2.24) is 9.97 Å². The van der Waals surface area contributed by atoms with E-state index in [0.29, 0.717) is 28.7 Å². The van der Waals surface area contributed by atoms with Crippen LogP contribution in [0.1, 0.15) is 17.0 Å². The fraction of sp³-hybridized carbons (Fsp3) is 0.115. The third-order valence-corrected chi connectivity index (χ3v) is 4.91. The molecule has 0 aliphatic rings. The first-order chi connectivity index (χ1) is 15.9. The largest absolute Gasteiger partial charge is 0.340 e. The second-order valence-corrected chi connectivity index (χ2v) is 7.70. The summed E-state index contributed by atoms with van der Waals surface area (Å²) in [5, 5.41) is 9.33. The second-order valence-electron chi connectivity index (χ2n) is 7.70. The molecule has 4 aromatic rings. The van der Waals surface area contributed by atoms with Gasteiger partial charge < -0.3 is 16.0 Å². The average Bonchev–Trinajstić information content (AvgIpc) is 2.78. The number of amides is 1. The van der Waals surface area contributed by atoms with Crippen molar-refractivity contribution >= 4 is 34.6 Å². The van der Waals surface area contributed by atoms with Crippen LogP contribution >= 0.6 is 0 Å². The topological polar surface area (TPSA) is 78.9 Å². The molecular weight excluding hydrogens is 417 g/mol. The molecule has 1 heterocycles. The number of carbonyl (C=O) groups excluding carboxylic acids is 1. The van der Waals surface area contributed by atoms with E-state index in [0.717, 1.165) is 11.4 Å². The molecule has 0 atom stereocenters. The van der Waals surface area contributed by atoms with Crippen molar-refractivity contribution in [1.29, 1.82) is 0 Å². The van der Waals surface area contributed by atoms with Gasteiger partial charge in [0.1, 0.15) is 23.3 Å². The lowest BCUT2D eigenvalue weighted by atomic mass is 10.1. The Morgan fingerprint density at radius 3 is 1.94 bits per heavy atom. The number of carbonyl (C=O) groups is 1. The maximum atomic E-state index is 13.7. The van der Waals surface area contributed by atoms with Crippen LogP contribution in [0.2, 0.25) is 0 Å². The van der Waals surface area contributed by atoms with Gasteiger partial charge in [-0.25, -0.2) is 14.4 Å². The summed E-state index contributed by atoms with van der Waals surface area (Å²) in [6, 6.07) is 23.4. The Labute approximate surface area is 191 Å². The number of aromatic nitrogens is 2. The van der Waals surface area contributed by atoms with Crippen molar-refractivity contribution in [2.45, 2.75) is 20.3 Å². The molecule has 0 aliphatic carbocycles. The minimum absolute atomic E-state index is 0.0242. The van der Waals surface area contributed by atoms with Crippen LogP contribution < -0.4 is 16.0 Å². The number of hydrogen-bond donors (Lipinski definition) is 3. The van der Waals surface area contributed by atoms with Crippen LogP contribution in [0.15, 0.2) is 78.9 Å². The van der Waals surface area contributed by atoms with Crippen LogP contribution in [-0.2, 0) is 11.2 Å². The molecular formula is C26H24FN5O. The van der Waals surface area contributed by atoms with Gasteiger partial charge in [-0.15, -0.1) is 0 Å². The Morgan fingerprint density at radius 2 is 1.33 bits per heavy atom. The predicted molar refractivity (Wildman–Crippen MR) is 130 cm³/mol. The van der Waals surface area contributed by atoms with E-state index in [-0.39, 0.29) is 18.1 Å². The van der Waals surface area contributed by atoms with Crippen molar-refractivity contribution in [2.24, 2.45) is 0 Å². The molecule has 33 heavy (non-hydrogen) atoms. The molecule has 0 spiro atoms. The average molecular weight is 442 g/mol. The van der Waals surface area contributed by atoms with Gasteiger partial charge in [-0.1, -0.05) is 35.9 Å². The monoisotopic (exact) mass is 441 g/mol. The van der Waals surface area contributed by atoms with Crippen molar-refractivity contribution < 1.29 is 9.18 Å². The van der Waals surface area contributed by atoms with E-state index in [1.165, 1.54) is 11.6 Å². The lowest BCUT2D eigenvalue weighted by Gasteiger charge is -2.11. The quantitative estimate of drug-likeness (QED) is 0.333. The lowest BCUT2D eigenvalue weighted by molar-refractivity contribution is -0.115. The molecule has 0 aliphatic heterocycles. The summed E-state index contributed by atoms with van der Waals surface area (Å²) >= 11 is 0. The van der Waals surface area contributed by atoms with Gasteiger partial charge in [-0.05, 0) is 61.9 Å². The Balaban J connectivity index is 1.39. The van der Waals surface area contributed by atoms with Crippen LogP contribution in [0, 0.1) is 19.7 Å². The normalized spacial score (nSPS) is 10.5. The number of anilines is 5. The highest BCUT2D eigenvalue weighted by atomic mass is 19.1. The van der Waals surface area contributed by atoms with Crippen LogP contribution in [0.5, 0.6) is 0 Å².